The van der Waals surface area contributed by atoms with Crippen molar-refractivity contribution in [2.75, 3.05) is 110 Å². The molecule has 1 aromatic heterocycles. The zero-order valence-corrected chi connectivity index (χ0v) is 42.0. The van der Waals surface area contributed by atoms with Gasteiger partial charge >= 0.3 is 17.9 Å². The van der Waals surface area contributed by atoms with Crippen molar-refractivity contribution < 1.29 is 66.5 Å². The number of unbranched alkanes of at least 4 members (excludes halogenated alkanes) is 6. The number of methoxy groups -OCH3 is 2. The number of aliphatic hydroxyl groups excluding tert-OH is 3. The summed E-state index contributed by atoms with van der Waals surface area (Å²) in [5.74, 6) is -1.04. The number of esters is 3. The van der Waals surface area contributed by atoms with Gasteiger partial charge in [-0.2, -0.15) is 5.26 Å². The smallest absolute Gasteiger partial charge is 0.305 e. The van der Waals surface area contributed by atoms with E-state index >= 15 is 0 Å². The largest absolute Gasteiger partial charge is 0.495 e. The number of rotatable bonds is 38. The summed E-state index contributed by atoms with van der Waals surface area (Å²) in [6.07, 6.45) is 6.31. The van der Waals surface area contributed by atoms with Crippen LogP contribution >= 0.6 is 0 Å². The van der Waals surface area contributed by atoms with Crippen LogP contribution in [-0.4, -0.2) is 151 Å². The Kier molecular flexibility index (Phi) is 28.7. The lowest BCUT2D eigenvalue weighted by Crippen LogP contribution is -2.36. The van der Waals surface area contributed by atoms with Gasteiger partial charge < -0.3 is 54.4 Å². The molecule has 3 aromatic rings. The van der Waals surface area contributed by atoms with Crippen molar-refractivity contribution >= 4 is 56.4 Å². The number of pyridine rings is 1. The second kappa shape index (κ2) is 34.4. The molecule has 0 atom stereocenters. The second-order valence-corrected chi connectivity index (χ2v) is 18.2. The van der Waals surface area contributed by atoms with E-state index in [-0.39, 0.29) is 149 Å². The van der Waals surface area contributed by atoms with Gasteiger partial charge in [0.05, 0.1) is 38.7 Å². The highest BCUT2D eigenvalue weighted by atomic mass is 32.2. The number of ether oxygens (including phenoxy) is 6. The molecule has 3 rings (SSSR count). The second-order valence-electron chi connectivity index (χ2n) is 16.1. The van der Waals surface area contributed by atoms with Crippen molar-refractivity contribution in [3.8, 4) is 17.6 Å². The van der Waals surface area contributed by atoms with E-state index in [1.165, 1.54) is 26.4 Å². The molecule has 21 nitrogen and oxygen atoms in total. The normalized spacial score (nSPS) is 11.4. The van der Waals surface area contributed by atoms with E-state index in [9.17, 15) is 28.1 Å². The highest BCUT2D eigenvalue weighted by Crippen LogP contribution is 2.41. The highest BCUT2D eigenvalue weighted by Gasteiger charge is 2.25. The molecule has 0 aliphatic heterocycles. The first-order chi connectivity index (χ1) is 34.4. The molecule has 392 valence electrons. The number of hydrogen-bond donors (Lipinski definition) is 5. The van der Waals surface area contributed by atoms with Crippen molar-refractivity contribution in [1.82, 2.24) is 9.88 Å². The van der Waals surface area contributed by atoms with Gasteiger partial charge in [0.15, 0.2) is 15.7 Å². The van der Waals surface area contributed by atoms with Gasteiger partial charge in [0.1, 0.15) is 59.5 Å². The van der Waals surface area contributed by atoms with Crippen LogP contribution < -0.4 is 20.1 Å². The minimum atomic E-state index is -4.09. The summed E-state index contributed by atoms with van der Waals surface area (Å²) in [5.41, 5.74) is 1.60. The third-order valence-corrected chi connectivity index (χ3v) is 12.5. The molecule has 22 heteroatoms. The molecule has 0 saturated carbocycles. The van der Waals surface area contributed by atoms with Gasteiger partial charge in [-0.25, -0.2) is 13.4 Å². The average Bonchev–Trinajstić information content (AvgIpc) is 3.36. The first-order valence-corrected chi connectivity index (χ1v) is 25.6. The lowest BCUT2D eigenvalue weighted by atomic mass is 10.1. The monoisotopic (exact) mass is 1010 g/mol. The van der Waals surface area contributed by atoms with Crippen LogP contribution in [0.25, 0.3) is 0 Å². The molecule has 0 aliphatic rings. The van der Waals surface area contributed by atoms with Crippen LogP contribution in [0.5, 0.6) is 11.5 Å². The number of aromatic nitrogens is 1. The summed E-state index contributed by atoms with van der Waals surface area (Å²) >= 11 is 0. The number of para-hydroxylation sites is 1. The SMILES string of the molecule is COc1cc(S(=O)(=O)CCN(CCOC(=O)CCCCCO)CCOC(=O)CCCCCO)c(OC)cc1N=Nc1c(Nc2ccccc2)nc(NCCOCCOC(=O)CCCCCO)c(C#N)c1C. The Hall–Kier alpha value is -5.96. The van der Waals surface area contributed by atoms with E-state index in [1.807, 2.05) is 30.3 Å². The van der Waals surface area contributed by atoms with E-state index in [1.54, 1.807) is 11.8 Å². The van der Waals surface area contributed by atoms with Crippen molar-refractivity contribution in [1.29, 1.82) is 5.26 Å². The van der Waals surface area contributed by atoms with Gasteiger partial charge in [-0.15, -0.1) is 10.2 Å². The Morgan fingerprint density at radius 2 is 1.27 bits per heavy atom. The van der Waals surface area contributed by atoms with E-state index in [2.05, 4.69) is 26.9 Å². The minimum absolute atomic E-state index is 0.0230. The molecule has 0 saturated heterocycles. The topological polar surface area (TPSA) is 290 Å². The molecule has 0 unspecified atom stereocenters. The summed E-state index contributed by atoms with van der Waals surface area (Å²) in [6, 6.07) is 14.0. The minimum Gasteiger partial charge on any atom is -0.495 e. The van der Waals surface area contributed by atoms with Crippen LogP contribution in [0.3, 0.4) is 0 Å². The summed E-state index contributed by atoms with van der Waals surface area (Å²) in [6.45, 7) is 2.84. The maximum absolute atomic E-state index is 14.1. The standard InChI is InChI=1S/C49H71N7O14S/c1-37-39(36-50)48(51-21-28-67-31-32-70-46(62)20-12-7-15-27-59)53-49(52-38-16-8-4-9-17-38)47(37)55-54-40-34-42(66-3)43(35-41(40)65-2)71(63,64)33-24-56(22-29-68-44(60)18-10-5-13-25-57)23-30-69-45(61)19-11-6-14-26-58/h4,8-9,16-17,34-35,57-59H,5-7,10-15,18-33H2,1-3H3,(H2,51,52,53). The summed E-state index contributed by atoms with van der Waals surface area (Å²) < 4.78 is 60.9. The number of nitrogens with zero attached hydrogens (tertiary/aromatic N) is 5. The molecule has 1 heterocycles. The van der Waals surface area contributed by atoms with Crippen LogP contribution in [0.15, 0.2) is 57.6 Å². The molecule has 2 aromatic carbocycles. The average molecular weight is 1010 g/mol. The van der Waals surface area contributed by atoms with Crippen molar-refractivity contribution in [3.63, 3.8) is 0 Å². The van der Waals surface area contributed by atoms with Crippen molar-refractivity contribution in [2.45, 2.75) is 88.9 Å². The van der Waals surface area contributed by atoms with Crippen molar-refractivity contribution in [2.24, 2.45) is 10.2 Å². The Labute approximate surface area is 416 Å². The third kappa shape index (κ3) is 22.3. The number of carbonyl (C=O) groups is 3. The van der Waals surface area contributed by atoms with Gasteiger partial charge in [0.2, 0.25) is 0 Å². The lowest BCUT2D eigenvalue weighted by Gasteiger charge is -2.22. The molecule has 0 fully saturated rings. The number of nitriles is 1. The lowest BCUT2D eigenvalue weighted by molar-refractivity contribution is -0.146. The van der Waals surface area contributed by atoms with Gasteiger partial charge in [0, 0.05) is 88.6 Å². The molecule has 0 amide bonds. The third-order valence-electron chi connectivity index (χ3n) is 10.8. The molecule has 0 aliphatic carbocycles. The molecule has 0 spiro atoms. The number of sulfone groups is 1. The van der Waals surface area contributed by atoms with Gasteiger partial charge in [-0.1, -0.05) is 37.5 Å². The van der Waals surface area contributed by atoms with Gasteiger partial charge in [0.25, 0.3) is 0 Å². The van der Waals surface area contributed by atoms with Gasteiger partial charge in [-0.3, -0.25) is 19.3 Å². The zero-order chi connectivity index (χ0) is 51.7. The quantitative estimate of drug-likeness (QED) is 0.0184. The number of benzene rings is 2. The predicted molar refractivity (Wildman–Crippen MR) is 264 cm³/mol. The fourth-order valence-electron chi connectivity index (χ4n) is 6.83. The van der Waals surface area contributed by atoms with Gasteiger partial charge in [-0.05, 0) is 57.6 Å². The number of azo groups is 1. The van der Waals surface area contributed by atoms with E-state index in [0.717, 1.165) is 6.42 Å². The van der Waals surface area contributed by atoms with Crippen LogP contribution in [0.1, 0.15) is 88.2 Å². The van der Waals surface area contributed by atoms with Crippen LogP contribution in [0, 0.1) is 18.3 Å². The molecule has 5 N–H and O–H groups in total. The number of carbonyl (C=O) groups excluding carboxylic acids is 3. The summed E-state index contributed by atoms with van der Waals surface area (Å²) in [5, 5.41) is 52.5. The molecular formula is C49H71N7O14S. The number of aliphatic hydroxyl groups is 3. The fourth-order valence-corrected chi connectivity index (χ4v) is 8.28. The first-order valence-electron chi connectivity index (χ1n) is 23.9. The van der Waals surface area contributed by atoms with Crippen LogP contribution in [-0.2, 0) is 43.2 Å². The maximum Gasteiger partial charge on any atom is 0.305 e. The Morgan fingerprint density at radius 3 is 1.80 bits per heavy atom. The molecule has 0 radical (unpaired) electrons. The number of hydrogen-bond acceptors (Lipinski definition) is 21. The Morgan fingerprint density at radius 1 is 0.704 bits per heavy atom. The van der Waals surface area contributed by atoms with E-state index in [0.29, 0.717) is 62.6 Å². The van der Waals surface area contributed by atoms with E-state index < -0.39 is 27.5 Å². The first kappa shape index (κ1) is 59.3. The zero-order valence-electron chi connectivity index (χ0n) is 41.2. The Bertz CT molecular complexity index is 2230. The van der Waals surface area contributed by atoms with Crippen molar-refractivity contribution in [3.05, 3.63) is 53.6 Å². The molecule has 71 heavy (non-hydrogen) atoms. The fraction of sp³-hybridized carbons (Fsp3) is 0.571. The van der Waals surface area contributed by atoms with Crippen LogP contribution in [0.2, 0.25) is 0 Å². The summed E-state index contributed by atoms with van der Waals surface area (Å²) in [7, 11) is -1.43. The maximum atomic E-state index is 14.1. The van der Waals surface area contributed by atoms with E-state index in [4.69, 9.17) is 48.7 Å². The Balaban J connectivity index is 1.81. The molecular weight excluding hydrogens is 943 g/mol. The number of anilines is 3. The van der Waals surface area contributed by atoms with Crippen LogP contribution in [0.4, 0.5) is 28.7 Å². The highest BCUT2D eigenvalue weighted by molar-refractivity contribution is 7.91. The molecule has 0 bridgehead atoms. The number of nitrogens with one attached hydrogen (secondary N) is 2. The predicted octanol–water partition coefficient (Wildman–Crippen LogP) is 6.23. The summed E-state index contributed by atoms with van der Waals surface area (Å²) in [4.78, 5) is 42.8.